The zero-order valence-electron chi connectivity index (χ0n) is 12.3. The Morgan fingerprint density at radius 1 is 1.45 bits per heavy atom. The van der Waals surface area contributed by atoms with Crippen molar-refractivity contribution in [2.45, 2.75) is 33.7 Å². The number of ether oxygens (including phenoxy) is 1. The van der Waals surface area contributed by atoms with Crippen LogP contribution in [-0.2, 0) is 0 Å². The third-order valence-electron chi connectivity index (χ3n) is 3.15. The predicted octanol–water partition coefficient (Wildman–Crippen LogP) is 2.92. The molecule has 1 aromatic rings. The minimum Gasteiger partial charge on any atom is -0.478 e. The first-order chi connectivity index (χ1) is 9.36. The van der Waals surface area contributed by atoms with E-state index in [0.29, 0.717) is 11.5 Å². The Bertz CT molecular complexity index is 509. The summed E-state index contributed by atoms with van der Waals surface area (Å²) in [6, 6.07) is 2.78. The molecule has 3 nitrogen and oxygen atoms in total. The Morgan fingerprint density at radius 2 is 2.10 bits per heavy atom. The lowest BCUT2D eigenvalue weighted by Crippen LogP contribution is -2.36. The molecule has 0 heterocycles. The van der Waals surface area contributed by atoms with Gasteiger partial charge in [0.1, 0.15) is 6.61 Å². The van der Waals surface area contributed by atoms with Crippen molar-refractivity contribution in [3.8, 4) is 18.1 Å². The lowest BCUT2D eigenvalue weighted by molar-refractivity contribution is 0.0930. The molecular weight excluding hydrogens is 257 g/mol. The molecule has 0 radical (unpaired) electrons. The molecule has 0 fully saturated rings. The second-order valence-corrected chi connectivity index (χ2v) is 5.10. The highest BCUT2D eigenvalue weighted by Crippen LogP contribution is 2.24. The maximum atomic E-state index is 13.9. The number of carbonyl (C=O) groups is 1. The number of terminal acetylenes is 1. The van der Waals surface area contributed by atoms with E-state index < -0.39 is 5.82 Å². The van der Waals surface area contributed by atoms with Crippen LogP contribution in [-0.4, -0.2) is 18.6 Å². The van der Waals surface area contributed by atoms with Crippen molar-refractivity contribution in [2.75, 3.05) is 6.61 Å². The van der Waals surface area contributed by atoms with E-state index in [-0.39, 0.29) is 29.9 Å². The summed E-state index contributed by atoms with van der Waals surface area (Å²) in [4.78, 5) is 12.0. The maximum absolute atomic E-state index is 13.9. The first-order valence-electron chi connectivity index (χ1n) is 6.54. The molecule has 0 aliphatic rings. The molecule has 20 heavy (non-hydrogen) atoms. The number of halogens is 1. The van der Waals surface area contributed by atoms with E-state index in [0.717, 1.165) is 0 Å². The Kier molecular flexibility index (Phi) is 5.57. The third-order valence-corrected chi connectivity index (χ3v) is 3.15. The fraction of sp³-hybridized carbons (Fsp3) is 0.438. The van der Waals surface area contributed by atoms with Gasteiger partial charge in [-0.05, 0) is 37.5 Å². The second kappa shape index (κ2) is 6.95. The van der Waals surface area contributed by atoms with Crippen LogP contribution in [0.15, 0.2) is 12.1 Å². The van der Waals surface area contributed by atoms with Gasteiger partial charge >= 0.3 is 0 Å². The van der Waals surface area contributed by atoms with Gasteiger partial charge in [0.2, 0.25) is 0 Å². The van der Waals surface area contributed by atoms with Crippen LogP contribution < -0.4 is 10.1 Å². The first-order valence-corrected chi connectivity index (χ1v) is 6.54. The van der Waals surface area contributed by atoms with Crippen molar-refractivity contribution >= 4 is 5.91 Å². The molecule has 1 N–H and O–H groups in total. The Labute approximate surface area is 119 Å². The number of hydrogen-bond donors (Lipinski definition) is 1. The van der Waals surface area contributed by atoms with Gasteiger partial charge in [0.15, 0.2) is 11.6 Å². The maximum Gasteiger partial charge on any atom is 0.251 e. The number of amides is 1. The minimum atomic E-state index is -0.581. The molecule has 0 aliphatic heterocycles. The van der Waals surface area contributed by atoms with Gasteiger partial charge in [-0.25, -0.2) is 4.39 Å². The quantitative estimate of drug-likeness (QED) is 0.840. The summed E-state index contributed by atoms with van der Waals surface area (Å²) in [5.41, 5.74) is 0.822. The van der Waals surface area contributed by atoms with Crippen LogP contribution >= 0.6 is 0 Å². The van der Waals surface area contributed by atoms with Crippen molar-refractivity contribution in [3.63, 3.8) is 0 Å². The number of hydrogen-bond acceptors (Lipinski definition) is 2. The van der Waals surface area contributed by atoms with Crippen molar-refractivity contribution < 1.29 is 13.9 Å². The van der Waals surface area contributed by atoms with Gasteiger partial charge in [0.05, 0.1) is 0 Å². The summed E-state index contributed by atoms with van der Waals surface area (Å²) < 4.78 is 19.0. The molecule has 1 unspecified atom stereocenters. The number of nitrogens with one attached hydrogen (secondary N) is 1. The average Bonchev–Trinajstić information content (AvgIpc) is 2.37. The van der Waals surface area contributed by atoms with E-state index in [1.165, 1.54) is 6.07 Å². The zero-order valence-corrected chi connectivity index (χ0v) is 12.3. The summed E-state index contributed by atoms with van der Waals surface area (Å²) in [5, 5.41) is 2.83. The molecule has 1 amide bonds. The van der Waals surface area contributed by atoms with Crippen LogP contribution in [0.2, 0.25) is 0 Å². The second-order valence-electron chi connectivity index (χ2n) is 5.10. The van der Waals surface area contributed by atoms with Crippen LogP contribution in [0.5, 0.6) is 5.75 Å². The lowest BCUT2D eigenvalue weighted by Gasteiger charge is -2.18. The summed E-state index contributed by atoms with van der Waals surface area (Å²) >= 11 is 0. The third kappa shape index (κ3) is 3.99. The van der Waals surface area contributed by atoms with Gasteiger partial charge in [-0.2, -0.15) is 0 Å². The summed E-state index contributed by atoms with van der Waals surface area (Å²) in [7, 11) is 0. The van der Waals surface area contributed by atoms with Crippen molar-refractivity contribution in [1.29, 1.82) is 0 Å². The van der Waals surface area contributed by atoms with Crippen LogP contribution in [0.25, 0.3) is 0 Å². The fourth-order valence-corrected chi connectivity index (χ4v) is 1.62. The highest BCUT2D eigenvalue weighted by Gasteiger charge is 2.16. The van der Waals surface area contributed by atoms with Crippen LogP contribution in [0.4, 0.5) is 4.39 Å². The Morgan fingerprint density at radius 3 is 2.60 bits per heavy atom. The van der Waals surface area contributed by atoms with E-state index in [1.54, 1.807) is 13.0 Å². The summed E-state index contributed by atoms with van der Waals surface area (Å²) in [5.74, 6) is 1.81. The average molecular weight is 277 g/mol. The van der Waals surface area contributed by atoms with Gasteiger partial charge < -0.3 is 10.1 Å². The summed E-state index contributed by atoms with van der Waals surface area (Å²) in [6.07, 6.45) is 5.08. The largest absolute Gasteiger partial charge is 0.478 e. The smallest absolute Gasteiger partial charge is 0.251 e. The number of rotatable bonds is 5. The van der Waals surface area contributed by atoms with Gasteiger partial charge in [-0.3, -0.25) is 4.79 Å². The molecule has 0 aliphatic carbocycles. The number of benzene rings is 1. The zero-order chi connectivity index (χ0) is 15.3. The molecule has 0 saturated heterocycles. The topological polar surface area (TPSA) is 38.3 Å². The highest BCUT2D eigenvalue weighted by atomic mass is 19.1. The van der Waals surface area contributed by atoms with Gasteiger partial charge in [0, 0.05) is 11.6 Å². The number of aryl methyl sites for hydroxylation is 1. The molecular formula is C16H20FNO2. The molecule has 1 atom stereocenters. The number of carbonyl (C=O) groups excluding carboxylic acids is 1. The van der Waals surface area contributed by atoms with E-state index in [1.807, 2.05) is 20.8 Å². The van der Waals surface area contributed by atoms with E-state index in [9.17, 15) is 9.18 Å². The Balaban J connectivity index is 2.93. The van der Waals surface area contributed by atoms with Crippen LogP contribution in [0.1, 0.15) is 36.7 Å². The standard InChI is InChI=1S/C16H20FNO2/c1-6-7-20-15-11(4)8-13(9-14(15)17)16(19)18-12(5)10(2)3/h1,8-10,12H,7H2,2-5H3,(H,18,19). The molecule has 0 bridgehead atoms. The molecule has 108 valence electrons. The van der Waals surface area contributed by atoms with Crippen molar-refractivity contribution in [3.05, 3.63) is 29.1 Å². The normalized spacial score (nSPS) is 11.8. The van der Waals surface area contributed by atoms with Crippen LogP contribution in [0, 0.1) is 31.0 Å². The molecule has 0 aromatic heterocycles. The van der Waals surface area contributed by atoms with Crippen molar-refractivity contribution in [2.24, 2.45) is 5.92 Å². The Hall–Kier alpha value is -2.02. The van der Waals surface area contributed by atoms with Gasteiger partial charge in [0.25, 0.3) is 5.91 Å². The predicted molar refractivity (Wildman–Crippen MR) is 77.2 cm³/mol. The minimum absolute atomic E-state index is 0.00626. The molecule has 4 heteroatoms. The molecule has 1 rings (SSSR count). The van der Waals surface area contributed by atoms with Crippen molar-refractivity contribution in [1.82, 2.24) is 5.32 Å². The highest BCUT2D eigenvalue weighted by molar-refractivity contribution is 5.94. The van der Waals surface area contributed by atoms with Crippen LogP contribution in [0.3, 0.4) is 0 Å². The molecule has 0 saturated carbocycles. The first kappa shape index (κ1) is 16.0. The van der Waals surface area contributed by atoms with Gasteiger partial charge in [-0.15, -0.1) is 6.42 Å². The monoisotopic (exact) mass is 277 g/mol. The molecule has 0 spiro atoms. The van der Waals surface area contributed by atoms with Gasteiger partial charge in [-0.1, -0.05) is 19.8 Å². The lowest BCUT2D eigenvalue weighted by atomic mass is 10.0. The van der Waals surface area contributed by atoms with E-state index in [2.05, 4.69) is 11.2 Å². The molecule has 1 aromatic carbocycles. The van der Waals surface area contributed by atoms with E-state index >= 15 is 0 Å². The fourth-order valence-electron chi connectivity index (χ4n) is 1.62. The van der Waals surface area contributed by atoms with E-state index in [4.69, 9.17) is 11.2 Å². The SMILES string of the molecule is C#CCOc1c(C)cc(C(=O)NC(C)C(C)C)cc1F. The summed E-state index contributed by atoms with van der Waals surface area (Å²) in [6.45, 7) is 7.60.